The molecule has 0 N–H and O–H groups in total. The van der Waals surface area contributed by atoms with E-state index in [1.54, 1.807) is 0 Å². The minimum atomic E-state index is 1.17. The molecule has 26 rings (SSSR count). The van der Waals surface area contributed by atoms with Crippen LogP contribution < -0.4 is 9.80 Å². The number of fused-ring (bicyclic) bond motifs is 15. The lowest BCUT2D eigenvalue weighted by Gasteiger charge is -2.25. The molecule has 0 spiro atoms. The minimum Gasteiger partial charge on any atom is -0.345 e. The fourth-order valence-electron chi connectivity index (χ4n) is 19.0. The molecule has 5 heterocycles. The van der Waals surface area contributed by atoms with Crippen molar-refractivity contribution in [1.82, 2.24) is 22.8 Å². The van der Waals surface area contributed by atoms with Gasteiger partial charge in [-0.1, -0.05) is 382 Å². The first-order valence-corrected chi connectivity index (χ1v) is 46.8. The van der Waals surface area contributed by atoms with Gasteiger partial charge in [-0.25, -0.2) is 0 Å². The second kappa shape index (κ2) is 40.9. The van der Waals surface area contributed by atoms with Gasteiger partial charge >= 0.3 is 0 Å². The Morgan fingerprint density at radius 1 is 0.139 bits per heavy atom. The van der Waals surface area contributed by atoms with Crippen LogP contribution in [0.5, 0.6) is 0 Å². The smallest absolute Gasteiger partial charge is 0.0541 e. The van der Waals surface area contributed by atoms with E-state index < -0.39 is 0 Å². The number of anilines is 5. The molecular formula is C130H103N7. The summed E-state index contributed by atoms with van der Waals surface area (Å²) >= 11 is 0. The number of aryl methyl sites for hydroxylation is 3. The van der Waals surface area contributed by atoms with Crippen molar-refractivity contribution < 1.29 is 0 Å². The van der Waals surface area contributed by atoms with Crippen LogP contribution in [-0.4, -0.2) is 29.9 Å². The Kier molecular flexibility index (Phi) is 26.1. The molecule has 26 aromatic rings. The van der Waals surface area contributed by atoms with Crippen molar-refractivity contribution in [3.8, 4) is 55.9 Å². The molecule has 0 atom stereocenters. The van der Waals surface area contributed by atoms with Crippen LogP contribution in [0.1, 0.15) is 0 Å². The molecule has 0 aliphatic heterocycles. The Balaban J connectivity index is 0.0000000997. The van der Waals surface area contributed by atoms with E-state index >= 15 is 0 Å². The zero-order valence-electron chi connectivity index (χ0n) is 77.2. The molecule has 7 nitrogen and oxygen atoms in total. The van der Waals surface area contributed by atoms with Crippen molar-refractivity contribution >= 4 is 137 Å². The van der Waals surface area contributed by atoms with E-state index in [0.29, 0.717) is 0 Å². The molecule has 7 heteroatoms. The number of hydrogen-bond acceptors (Lipinski definition) is 2. The minimum absolute atomic E-state index is 1.17. The SMILES string of the molecule is CN(c1ccccc1)c1ccccc1.Cn1c2ccc(-c3ccccc3)cc2c2cc(-c3ccccc3)ccc21.Cn1c2ccccc2c2cc(-c3ccccc3)ccc21.Cn1c2ccccc2c2ccccc21.c1ccc(-c2ccc3c(c2)c2ccccc2n3-c2ccccc2)cc1.c1ccc(-n2c3ccccc3c3ccccc32)cc1.c1ccc(N(c2ccccc2)c2ccccc2)cc1. The summed E-state index contributed by atoms with van der Waals surface area (Å²) in [5.74, 6) is 0. The Morgan fingerprint density at radius 2 is 0.307 bits per heavy atom. The first kappa shape index (κ1) is 87.2. The number of benzene rings is 21. The third kappa shape index (κ3) is 18.7. The molecule has 5 aromatic heterocycles. The van der Waals surface area contributed by atoms with E-state index in [9.17, 15) is 0 Å². The van der Waals surface area contributed by atoms with Gasteiger partial charge in [-0.3, -0.25) is 0 Å². The molecule has 0 amide bonds. The molecule has 0 saturated carbocycles. The predicted molar refractivity (Wildman–Crippen MR) is 587 cm³/mol. The molecule has 0 unspecified atom stereocenters. The van der Waals surface area contributed by atoms with Gasteiger partial charge in [0.2, 0.25) is 0 Å². The molecule has 658 valence electrons. The van der Waals surface area contributed by atoms with Crippen LogP contribution in [0.3, 0.4) is 0 Å². The quantitative estimate of drug-likeness (QED) is 0.129. The van der Waals surface area contributed by atoms with E-state index in [1.807, 2.05) is 30.3 Å². The maximum absolute atomic E-state index is 2.35. The third-order valence-electron chi connectivity index (χ3n) is 25.8. The van der Waals surface area contributed by atoms with Crippen LogP contribution in [0.25, 0.3) is 165 Å². The molecule has 137 heavy (non-hydrogen) atoms. The van der Waals surface area contributed by atoms with Gasteiger partial charge in [-0.05, 0) is 214 Å². The Morgan fingerprint density at radius 3 is 0.577 bits per heavy atom. The van der Waals surface area contributed by atoms with Crippen molar-refractivity contribution in [3.05, 3.63) is 552 Å². The van der Waals surface area contributed by atoms with Crippen LogP contribution in [0.2, 0.25) is 0 Å². The van der Waals surface area contributed by atoms with Crippen LogP contribution in [0, 0.1) is 0 Å². The molecule has 0 radical (unpaired) electrons. The average molecular weight is 1760 g/mol. The molecule has 0 bridgehead atoms. The second-order valence-corrected chi connectivity index (χ2v) is 34.1. The largest absolute Gasteiger partial charge is 0.345 e. The monoisotopic (exact) mass is 1760 g/mol. The number of nitrogens with zero attached hydrogens (tertiary/aromatic N) is 7. The first-order valence-electron chi connectivity index (χ1n) is 46.8. The van der Waals surface area contributed by atoms with Gasteiger partial charge in [0.15, 0.2) is 0 Å². The second-order valence-electron chi connectivity index (χ2n) is 34.1. The van der Waals surface area contributed by atoms with Crippen molar-refractivity contribution in [3.63, 3.8) is 0 Å². The van der Waals surface area contributed by atoms with Gasteiger partial charge in [-0.2, -0.15) is 0 Å². The summed E-state index contributed by atoms with van der Waals surface area (Å²) in [6.45, 7) is 0. The van der Waals surface area contributed by atoms with Gasteiger partial charge in [0.25, 0.3) is 0 Å². The first-order chi connectivity index (χ1) is 67.7. The molecule has 0 saturated heterocycles. The average Bonchev–Trinajstić information content (AvgIpc) is 1.58. The molecule has 21 aromatic carbocycles. The van der Waals surface area contributed by atoms with E-state index in [4.69, 9.17) is 0 Å². The Bertz CT molecular complexity index is 8180. The third-order valence-corrected chi connectivity index (χ3v) is 25.8. The Labute approximate surface area is 800 Å². The standard InChI is InChI=1S/C25H19N.C24H17N.C19H15N.C18H13N.C18H15N.C13H11N.C13H13N/c1-26-24-14-12-20(18-8-4-2-5-9-18)16-22(24)23-17-21(13-15-25(23)26)19-10-6-3-7-11-19;1-3-9-18(10-4-1)19-15-16-24-22(17-19)21-13-7-8-14-23(21)25(24)20-11-5-2-6-12-20;1-20-18-10-6-5-9-16(18)17-13-15(11-12-19(17)20)14-7-3-2-4-8-14;1-2-8-14(9-3-1)19-17-12-6-4-10-15(17)16-11-5-7-13-18(16)19;1-4-10-16(11-5-1)19(17-12-6-2-7-13-17)18-14-8-3-9-15-18;1-14-12-8-4-2-6-10(12)11-7-3-5-9-13(11)14;1-14(12-8-4-2-5-9-12)13-10-6-3-7-11-13/h2-17H,1H3;1-17H;2-13H,1H3;1-13H;1-15H;2-9H,1H3;2-11H,1H3. The highest BCUT2D eigenvalue weighted by molar-refractivity contribution is 6.14. The van der Waals surface area contributed by atoms with Gasteiger partial charge in [0.1, 0.15) is 0 Å². The summed E-state index contributed by atoms with van der Waals surface area (Å²) < 4.78 is 11.5. The van der Waals surface area contributed by atoms with E-state index in [1.165, 1.54) is 193 Å². The van der Waals surface area contributed by atoms with Gasteiger partial charge < -0.3 is 32.6 Å². The number of rotatable bonds is 11. The highest BCUT2D eigenvalue weighted by Gasteiger charge is 2.18. The maximum Gasteiger partial charge on any atom is 0.0541 e. The number of para-hydroxylation sites is 13. The lowest BCUT2D eigenvalue weighted by Crippen LogP contribution is -2.09. The summed E-state index contributed by atoms with van der Waals surface area (Å²) in [6.07, 6.45) is 0. The Hall–Kier alpha value is -17.8. The normalized spacial score (nSPS) is 10.9. The predicted octanol–water partition coefficient (Wildman–Crippen LogP) is 34.8. The number of aromatic nitrogens is 5. The lowest BCUT2D eigenvalue weighted by molar-refractivity contribution is 1.01. The summed E-state index contributed by atoms with van der Waals surface area (Å²) in [4.78, 5) is 4.42. The van der Waals surface area contributed by atoms with Crippen molar-refractivity contribution in [1.29, 1.82) is 0 Å². The zero-order valence-corrected chi connectivity index (χ0v) is 77.2. The summed E-state index contributed by atoms with van der Waals surface area (Å²) in [7, 11) is 8.47. The van der Waals surface area contributed by atoms with Gasteiger partial charge in [-0.15, -0.1) is 0 Å². The molecule has 0 aliphatic rings. The van der Waals surface area contributed by atoms with Crippen LogP contribution in [0.4, 0.5) is 28.4 Å². The van der Waals surface area contributed by atoms with Crippen LogP contribution >= 0.6 is 0 Å². The van der Waals surface area contributed by atoms with Crippen molar-refractivity contribution in [2.75, 3.05) is 16.8 Å². The molecule has 0 aliphatic carbocycles. The summed E-state index contributed by atoms with van der Waals surface area (Å²) in [5.41, 5.74) is 31.1. The topological polar surface area (TPSA) is 31.1 Å². The summed E-state index contributed by atoms with van der Waals surface area (Å²) in [6, 6.07) is 194. The molecular weight excluding hydrogens is 1660 g/mol. The van der Waals surface area contributed by atoms with E-state index in [-0.39, 0.29) is 0 Å². The van der Waals surface area contributed by atoms with Gasteiger partial charge in [0, 0.05) is 155 Å². The fourth-order valence-corrected chi connectivity index (χ4v) is 19.0. The maximum atomic E-state index is 2.35. The highest BCUT2D eigenvalue weighted by atomic mass is 15.1. The zero-order chi connectivity index (χ0) is 92.6. The lowest BCUT2D eigenvalue weighted by atomic mass is 10.0. The summed E-state index contributed by atoms with van der Waals surface area (Å²) in [5, 5.41) is 13.1. The van der Waals surface area contributed by atoms with Gasteiger partial charge in [0.05, 0.1) is 22.1 Å². The molecule has 0 fully saturated rings. The van der Waals surface area contributed by atoms with Crippen LogP contribution in [-0.2, 0) is 21.1 Å². The highest BCUT2D eigenvalue weighted by Crippen LogP contribution is 2.41. The van der Waals surface area contributed by atoms with Crippen molar-refractivity contribution in [2.24, 2.45) is 21.1 Å². The van der Waals surface area contributed by atoms with E-state index in [0.717, 1.165) is 0 Å². The van der Waals surface area contributed by atoms with Crippen molar-refractivity contribution in [2.45, 2.75) is 0 Å². The van der Waals surface area contributed by atoms with E-state index in [2.05, 4.69) is 583 Å². The number of hydrogen-bond donors (Lipinski definition) is 0. The van der Waals surface area contributed by atoms with Crippen LogP contribution in [0.15, 0.2) is 552 Å². The fraction of sp³-hybridized carbons (Fsp3) is 0.0308.